The molecule has 3 aliphatic rings. The monoisotopic (exact) mass is 164 g/mol. The number of ether oxygens (including phenoxy) is 2. The van der Waals surface area contributed by atoms with Gasteiger partial charge in [0.05, 0.1) is 6.10 Å². The van der Waals surface area contributed by atoms with Crippen molar-refractivity contribution in [3.05, 3.63) is 23.3 Å². The van der Waals surface area contributed by atoms with Gasteiger partial charge in [0.2, 0.25) is 0 Å². The van der Waals surface area contributed by atoms with Crippen molar-refractivity contribution in [2.45, 2.75) is 31.5 Å². The second-order valence-electron chi connectivity index (χ2n) is 3.57. The van der Waals surface area contributed by atoms with Crippen LogP contribution in [0.25, 0.3) is 0 Å². The van der Waals surface area contributed by atoms with Crippen LogP contribution in [0.4, 0.5) is 0 Å². The Morgan fingerprint density at radius 3 is 3.25 bits per heavy atom. The maximum absolute atomic E-state index is 5.54. The largest absolute Gasteiger partial charge is 0.349 e. The van der Waals surface area contributed by atoms with E-state index in [4.69, 9.17) is 9.47 Å². The van der Waals surface area contributed by atoms with Crippen molar-refractivity contribution in [3.63, 3.8) is 0 Å². The first-order valence-corrected chi connectivity index (χ1v) is 4.58. The summed E-state index contributed by atoms with van der Waals surface area (Å²) in [5.41, 5.74) is 2.91. The summed E-state index contributed by atoms with van der Waals surface area (Å²) in [7, 11) is 0. The Hall–Kier alpha value is -0.600. The van der Waals surface area contributed by atoms with Crippen LogP contribution in [0, 0.1) is 0 Å². The molecule has 2 unspecified atom stereocenters. The van der Waals surface area contributed by atoms with Crippen molar-refractivity contribution >= 4 is 0 Å². The smallest absolute Gasteiger partial charge is 0.148 e. The van der Waals surface area contributed by atoms with Gasteiger partial charge in [-0.25, -0.2) is 0 Å². The zero-order chi connectivity index (χ0) is 7.97. The molecule has 2 heteroatoms. The van der Waals surface area contributed by atoms with Gasteiger partial charge >= 0.3 is 0 Å². The molecular weight excluding hydrogens is 152 g/mol. The lowest BCUT2D eigenvalue weighted by Gasteiger charge is -2.26. The first kappa shape index (κ1) is 6.87. The second kappa shape index (κ2) is 2.44. The van der Waals surface area contributed by atoms with E-state index in [1.54, 1.807) is 0 Å². The summed E-state index contributed by atoms with van der Waals surface area (Å²) in [4.78, 5) is 0. The van der Waals surface area contributed by atoms with E-state index in [2.05, 4.69) is 12.2 Å². The van der Waals surface area contributed by atoms with Gasteiger partial charge in [0, 0.05) is 0 Å². The van der Waals surface area contributed by atoms with Crippen molar-refractivity contribution in [1.82, 2.24) is 0 Å². The third-order valence-corrected chi connectivity index (χ3v) is 2.94. The standard InChI is InChI=1S/C10H12O2/c1-2-7-4-5-9-10(8(7)3-1)12-6-11-9/h2-3,9-10H,1,4-6H2. The van der Waals surface area contributed by atoms with E-state index in [0.29, 0.717) is 12.9 Å². The highest BCUT2D eigenvalue weighted by molar-refractivity contribution is 5.42. The summed E-state index contributed by atoms with van der Waals surface area (Å²) >= 11 is 0. The van der Waals surface area contributed by atoms with Crippen LogP contribution in [0.5, 0.6) is 0 Å². The van der Waals surface area contributed by atoms with Crippen LogP contribution in [-0.2, 0) is 9.47 Å². The molecule has 0 N–H and O–H groups in total. The van der Waals surface area contributed by atoms with Crippen molar-refractivity contribution in [2.75, 3.05) is 6.79 Å². The topological polar surface area (TPSA) is 18.5 Å². The van der Waals surface area contributed by atoms with E-state index < -0.39 is 0 Å². The fraction of sp³-hybridized carbons (Fsp3) is 0.600. The lowest BCUT2D eigenvalue weighted by molar-refractivity contribution is 0.0423. The van der Waals surface area contributed by atoms with E-state index in [1.807, 2.05) is 0 Å². The number of rotatable bonds is 0. The highest BCUT2D eigenvalue weighted by Gasteiger charge is 2.37. The average Bonchev–Trinajstić information content (AvgIpc) is 2.71. The minimum absolute atomic E-state index is 0.257. The first-order valence-electron chi connectivity index (χ1n) is 4.58. The summed E-state index contributed by atoms with van der Waals surface area (Å²) in [5, 5.41) is 0. The predicted molar refractivity (Wildman–Crippen MR) is 44.6 cm³/mol. The molecule has 0 aromatic carbocycles. The van der Waals surface area contributed by atoms with E-state index >= 15 is 0 Å². The Kier molecular flexibility index (Phi) is 1.40. The Bertz CT molecular complexity index is 265. The van der Waals surface area contributed by atoms with Gasteiger partial charge in [0.1, 0.15) is 12.9 Å². The number of hydrogen-bond acceptors (Lipinski definition) is 2. The zero-order valence-electron chi connectivity index (χ0n) is 6.95. The van der Waals surface area contributed by atoms with E-state index in [0.717, 1.165) is 12.8 Å². The first-order chi connectivity index (χ1) is 5.95. The van der Waals surface area contributed by atoms with Gasteiger partial charge < -0.3 is 9.47 Å². The molecule has 2 aliphatic carbocycles. The van der Waals surface area contributed by atoms with Gasteiger partial charge in [-0.05, 0) is 30.4 Å². The van der Waals surface area contributed by atoms with Crippen LogP contribution in [0.2, 0.25) is 0 Å². The molecule has 1 saturated carbocycles. The molecule has 3 rings (SSSR count). The van der Waals surface area contributed by atoms with Crippen molar-refractivity contribution < 1.29 is 9.47 Å². The van der Waals surface area contributed by atoms with Crippen LogP contribution in [-0.4, -0.2) is 19.0 Å². The molecule has 12 heavy (non-hydrogen) atoms. The molecule has 0 amide bonds. The molecule has 0 aromatic heterocycles. The lowest BCUT2D eigenvalue weighted by atomic mass is 9.87. The lowest BCUT2D eigenvalue weighted by Crippen LogP contribution is -2.29. The Balaban J connectivity index is 1.96. The third-order valence-electron chi connectivity index (χ3n) is 2.94. The summed E-state index contributed by atoms with van der Waals surface area (Å²) < 4.78 is 11.0. The highest BCUT2D eigenvalue weighted by atomic mass is 16.7. The molecule has 2 atom stereocenters. The minimum Gasteiger partial charge on any atom is -0.349 e. The van der Waals surface area contributed by atoms with Crippen molar-refractivity contribution in [3.8, 4) is 0 Å². The third kappa shape index (κ3) is 0.822. The number of fused-ring (bicyclic) bond motifs is 3. The zero-order valence-corrected chi connectivity index (χ0v) is 6.95. The highest BCUT2D eigenvalue weighted by Crippen LogP contribution is 2.38. The van der Waals surface area contributed by atoms with Gasteiger partial charge in [-0.15, -0.1) is 0 Å². The summed E-state index contributed by atoms with van der Waals surface area (Å²) in [6, 6.07) is 0. The van der Waals surface area contributed by atoms with Crippen LogP contribution >= 0.6 is 0 Å². The second-order valence-corrected chi connectivity index (χ2v) is 3.57. The molecule has 0 aromatic rings. The van der Waals surface area contributed by atoms with E-state index in [1.165, 1.54) is 17.6 Å². The van der Waals surface area contributed by atoms with Crippen molar-refractivity contribution in [1.29, 1.82) is 0 Å². The molecule has 1 aliphatic heterocycles. The minimum atomic E-state index is 0.257. The van der Waals surface area contributed by atoms with Crippen LogP contribution in [0.1, 0.15) is 19.3 Å². The normalized spacial score (nSPS) is 38.7. The Morgan fingerprint density at radius 1 is 1.25 bits per heavy atom. The molecule has 2 nitrogen and oxygen atoms in total. The maximum Gasteiger partial charge on any atom is 0.148 e. The number of hydrogen-bond donors (Lipinski definition) is 0. The van der Waals surface area contributed by atoms with Crippen molar-refractivity contribution in [2.24, 2.45) is 0 Å². The Morgan fingerprint density at radius 2 is 2.25 bits per heavy atom. The molecule has 0 spiro atoms. The molecule has 64 valence electrons. The summed E-state index contributed by atoms with van der Waals surface area (Å²) in [6.45, 7) is 0.486. The quantitative estimate of drug-likeness (QED) is 0.543. The maximum atomic E-state index is 5.54. The number of allylic oxidation sites excluding steroid dienone is 2. The van der Waals surface area contributed by atoms with Gasteiger partial charge in [0.15, 0.2) is 0 Å². The van der Waals surface area contributed by atoms with Gasteiger partial charge in [0.25, 0.3) is 0 Å². The van der Waals surface area contributed by atoms with Gasteiger partial charge in [-0.3, -0.25) is 0 Å². The van der Waals surface area contributed by atoms with Crippen LogP contribution in [0.15, 0.2) is 23.3 Å². The fourth-order valence-corrected chi connectivity index (χ4v) is 2.34. The van der Waals surface area contributed by atoms with Crippen LogP contribution in [0.3, 0.4) is 0 Å². The molecule has 0 radical (unpaired) electrons. The predicted octanol–water partition coefficient (Wildman–Crippen LogP) is 1.78. The molecular formula is C10H12O2. The van der Waals surface area contributed by atoms with Crippen LogP contribution < -0.4 is 0 Å². The summed E-state index contributed by atoms with van der Waals surface area (Å²) in [6.07, 6.45) is 8.59. The Labute approximate surface area is 71.9 Å². The SMILES string of the molecule is C1=C2CCC3OCOC3C2=CC1. The molecule has 0 bridgehead atoms. The van der Waals surface area contributed by atoms with E-state index in [-0.39, 0.29) is 6.10 Å². The molecule has 1 saturated heterocycles. The summed E-state index contributed by atoms with van der Waals surface area (Å²) in [5.74, 6) is 0. The fourth-order valence-electron chi connectivity index (χ4n) is 2.34. The molecule has 2 fully saturated rings. The van der Waals surface area contributed by atoms with Gasteiger partial charge in [-0.2, -0.15) is 0 Å². The molecule has 1 heterocycles. The van der Waals surface area contributed by atoms with E-state index in [9.17, 15) is 0 Å². The van der Waals surface area contributed by atoms with Gasteiger partial charge in [-0.1, -0.05) is 12.2 Å². The average molecular weight is 164 g/mol.